The zero-order valence-electron chi connectivity index (χ0n) is 10.1. The monoisotopic (exact) mass is 270 g/mol. The van der Waals surface area contributed by atoms with Gasteiger partial charge in [0.05, 0.1) is 5.56 Å². The Balaban J connectivity index is 1.81. The Hall–Kier alpha value is -1.52. The van der Waals surface area contributed by atoms with Crippen LogP contribution >= 0.6 is 0 Å². The minimum absolute atomic E-state index is 0.0473. The average molecular weight is 270 g/mol. The number of halogens is 3. The van der Waals surface area contributed by atoms with Gasteiger partial charge < -0.3 is 4.74 Å². The Bertz CT molecular complexity index is 500. The van der Waals surface area contributed by atoms with E-state index in [0.29, 0.717) is 11.8 Å². The highest BCUT2D eigenvalue weighted by Crippen LogP contribution is 2.55. The Morgan fingerprint density at radius 3 is 2.37 bits per heavy atom. The van der Waals surface area contributed by atoms with Gasteiger partial charge in [-0.3, -0.25) is 4.79 Å². The second-order valence-electron chi connectivity index (χ2n) is 5.33. The van der Waals surface area contributed by atoms with Crippen molar-refractivity contribution in [2.75, 3.05) is 0 Å². The van der Waals surface area contributed by atoms with Crippen molar-refractivity contribution >= 4 is 5.78 Å². The standard InChI is InChI=1S/C14H13F3O2/c15-14(16,17)19-12-4-2-1-3-11(12)13(18)10-6-8-5-9(8)7-10/h1-4,8-10H,5-7H2. The van der Waals surface area contributed by atoms with Crippen LogP contribution in [0.4, 0.5) is 13.2 Å². The van der Waals surface area contributed by atoms with Gasteiger partial charge in [-0.2, -0.15) is 0 Å². The highest BCUT2D eigenvalue weighted by molar-refractivity contribution is 6.00. The first kappa shape index (κ1) is 12.5. The van der Waals surface area contributed by atoms with Gasteiger partial charge in [0.1, 0.15) is 5.75 Å². The van der Waals surface area contributed by atoms with Crippen molar-refractivity contribution in [3.05, 3.63) is 29.8 Å². The maximum absolute atomic E-state index is 12.3. The summed E-state index contributed by atoms with van der Waals surface area (Å²) in [4.78, 5) is 12.3. The Labute approximate surface area is 108 Å². The molecule has 0 aliphatic heterocycles. The van der Waals surface area contributed by atoms with Crippen LogP contribution in [-0.2, 0) is 0 Å². The lowest BCUT2D eigenvalue weighted by molar-refractivity contribution is -0.274. The third kappa shape index (κ3) is 2.60. The summed E-state index contributed by atoms with van der Waals surface area (Å²) in [5, 5.41) is 0. The number of hydrogen-bond acceptors (Lipinski definition) is 2. The van der Waals surface area contributed by atoms with Crippen LogP contribution in [0, 0.1) is 17.8 Å². The van der Waals surface area contributed by atoms with E-state index in [-0.39, 0.29) is 23.0 Å². The minimum atomic E-state index is -4.77. The zero-order chi connectivity index (χ0) is 13.6. The molecule has 2 saturated carbocycles. The highest BCUT2D eigenvalue weighted by atomic mass is 19.4. The first-order valence-electron chi connectivity index (χ1n) is 6.33. The summed E-state index contributed by atoms with van der Waals surface area (Å²) in [6.45, 7) is 0. The van der Waals surface area contributed by atoms with Crippen molar-refractivity contribution in [1.82, 2.24) is 0 Å². The quantitative estimate of drug-likeness (QED) is 0.780. The maximum Gasteiger partial charge on any atom is 0.573 e. The van der Waals surface area contributed by atoms with Gasteiger partial charge in [0, 0.05) is 5.92 Å². The molecule has 102 valence electrons. The number of fused-ring (bicyclic) bond motifs is 1. The van der Waals surface area contributed by atoms with Crippen LogP contribution in [0.5, 0.6) is 5.75 Å². The number of carbonyl (C=O) groups is 1. The van der Waals surface area contributed by atoms with Gasteiger partial charge in [0.25, 0.3) is 0 Å². The minimum Gasteiger partial charge on any atom is -0.405 e. The molecule has 0 saturated heterocycles. The van der Waals surface area contributed by atoms with E-state index in [4.69, 9.17) is 0 Å². The molecule has 1 aromatic rings. The molecule has 2 fully saturated rings. The first-order valence-corrected chi connectivity index (χ1v) is 6.33. The summed E-state index contributed by atoms with van der Waals surface area (Å²) in [6, 6.07) is 5.60. The normalized spacial score (nSPS) is 28.9. The predicted molar refractivity (Wildman–Crippen MR) is 61.8 cm³/mol. The zero-order valence-corrected chi connectivity index (χ0v) is 10.1. The fourth-order valence-electron chi connectivity index (χ4n) is 3.03. The molecule has 0 amide bonds. The molecule has 0 N–H and O–H groups in total. The van der Waals surface area contributed by atoms with E-state index in [1.165, 1.54) is 24.6 Å². The van der Waals surface area contributed by atoms with Crippen molar-refractivity contribution in [2.45, 2.75) is 25.6 Å². The molecule has 2 atom stereocenters. The molecule has 0 aromatic heterocycles. The average Bonchev–Trinajstić information content (AvgIpc) is 2.94. The van der Waals surface area contributed by atoms with E-state index >= 15 is 0 Å². The maximum atomic E-state index is 12.3. The smallest absolute Gasteiger partial charge is 0.405 e. The molecule has 2 aliphatic carbocycles. The van der Waals surface area contributed by atoms with Gasteiger partial charge in [-0.15, -0.1) is 13.2 Å². The SMILES string of the molecule is O=C(c1ccccc1OC(F)(F)F)C1CC2CC2C1. The molecule has 5 heteroatoms. The number of ether oxygens (including phenoxy) is 1. The van der Waals surface area contributed by atoms with E-state index in [2.05, 4.69) is 4.74 Å². The summed E-state index contributed by atoms with van der Waals surface area (Å²) in [5.41, 5.74) is 0.0473. The Morgan fingerprint density at radius 1 is 1.11 bits per heavy atom. The molecule has 1 aromatic carbocycles. The first-order chi connectivity index (χ1) is 8.94. The van der Waals surface area contributed by atoms with E-state index in [9.17, 15) is 18.0 Å². The van der Waals surface area contributed by atoms with Crippen molar-refractivity contribution in [1.29, 1.82) is 0 Å². The van der Waals surface area contributed by atoms with Gasteiger partial charge in [-0.1, -0.05) is 12.1 Å². The lowest BCUT2D eigenvalue weighted by Crippen LogP contribution is -2.21. The molecule has 3 rings (SSSR count). The predicted octanol–water partition coefficient (Wildman–Crippen LogP) is 3.81. The lowest BCUT2D eigenvalue weighted by Gasteiger charge is -2.15. The van der Waals surface area contributed by atoms with Crippen LogP contribution in [0.1, 0.15) is 29.6 Å². The summed E-state index contributed by atoms with van der Waals surface area (Å²) >= 11 is 0. The molecule has 2 aliphatic rings. The van der Waals surface area contributed by atoms with Crippen LogP contribution in [0.3, 0.4) is 0 Å². The third-order valence-corrected chi connectivity index (χ3v) is 3.99. The Kier molecular flexibility index (Phi) is 2.80. The van der Waals surface area contributed by atoms with E-state index in [0.717, 1.165) is 12.8 Å². The van der Waals surface area contributed by atoms with Gasteiger partial charge in [-0.05, 0) is 43.2 Å². The van der Waals surface area contributed by atoms with Crippen LogP contribution in [0.15, 0.2) is 24.3 Å². The van der Waals surface area contributed by atoms with Crippen LogP contribution < -0.4 is 4.74 Å². The molecule has 2 unspecified atom stereocenters. The van der Waals surface area contributed by atoms with Gasteiger partial charge in [0.2, 0.25) is 0 Å². The van der Waals surface area contributed by atoms with Crippen LogP contribution in [-0.4, -0.2) is 12.1 Å². The van der Waals surface area contributed by atoms with Crippen molar-refractivity contribution in [3.63, 3.8) is 0 Å². The fourth-order valence-corrected chi connectivity index (χ4v) is 3.03. The number of ketones is 1. The second-order valence-corrected chi connectivity index (χ2v) is 5.33. The lowest BCUT2D eigenvalue weighted by atomic mass is 9.93. The van der Waals surface area contributed by atoms with Gasteiger partial charge in [0.15, 0.2) is 5.78 Å². The number of hydrogen-bond donors (Lipinski definition) is 0. The van der Waals surface area contributed by atoms with E-state index < -0.39 is 6.36 Å². The fraction of sp³-hybridized carbons (Fsp3) is 0.500. The van der Waals surface area contributed by atoms with E-state index in [1.54, 1.807) is 6.07 Å². The molecule has 0 bridgehead atoms. The van der Waals surface area contributed by atoms with Gasteiger partial charge >= 0.3 is 6.36 Å². The highest BCUT2D eigenvalue weighted by Gasteiger charge is 2.48. The molecule has 2 nitrogen and oxygen atoms in total. The summed E-state index contributed by atoms with van der Waals surface area (Å²) < 4.78 is 40.8. The largest absolute Gasteiger partial charge is 0.573 e. The molecular formula is C14H13F3O2. The summed E-state index contributed by atoms with van der Waals surface area (Å²) in [6.07, 6.45) is -1.98. The molecule has 19 heavy (non-hydrogen) atoms. The topological polar surface area (TPSA) is 26.3 Å². The van der Waals surface area contributed by atoms with Crippen LogP contribution in [0.2, 0.25) is 0 Å². The van der Waals surface area contributed by atoms with Crippen molar-refractivity contribution in [2.24, 2.45) is 17.8 Å². The molecule has 0 spiro atoms. The number of Topliss-reactive ketones (excluding diaryl/α,β-unsaturated/α-hetero) is 1. The van der Waals surface area contributed by atoms with Crippen LogP contribution in [0.25, 0.3) is 0 Å². The molecule has 0 radical (unpaired) electrons. The number of benzene rings is 1. The Morgan fingerprint density at radius 2 is 1.74 bits per heavy atom. The summed E-state index contributed by atoms with van der Waals surface area (Å²) in [5.74, 6) is 0.489. The number of alkyl halides is 3. The molecular weight excluding hydrogens is 257 g/mol. The van der Waals surface area contributed by atoms with Crippen molar-refractivity contribution in [3.8, 4) is 5.75 Å². The molecule has 0 heterocycles. The number of rotatable bonds is 3. The number of para-hydroxylation sites is 1. The van der Waals surface area contributed by atoms with Crippen molar-refractivity contribution < 1.29 is 22.7 Å². The number of carbonyl (C=O) groups excluding carboxylic acids is 1. The second kappa shape index (κ2) is 4.25. The van der Waals surface area contributed by atoms with E-state index in [1.807, 2.05) is 0 Å². The van der Waals surface area contributed by atoms with Gasteiger partial charge in [-0.25, -0.2) is 0 Å². The third-order valence-electron chi connectivity index (χ3n) is 3.99. The summed E-state index contributed by atoms with van der Waals surface area (Å²) in [7, 11) is 0.